The fraction of sp³-hybridized carbons (Fsp3) is 0.455. The molecule has 168 valence electrons. The number of anilines is 3. The van der Waals surface area contributed by atoms with Gasteiger partial charge < -0.3 is 19.2 Å². The number of hydrogen-bond donors (Lipinski definition) is 2. The molecule has 0 amide bonds. The third-order valence-electron chi connectivity index (χ3n) is 5.81. The highest BCUT2D eigenvalue weighted by molar-refractivity contribution is 5.85. The molecular formula is C22H29N9O. The summed E-state index contributed by atoms with van der Waals surface area (Å²) in [6.45, 7) is 9.44. The Hall–Kier alpha value is -3.24. The molecule has 3 aromatic heterocycles. The van der Waals surface area contributed by atoms with Crippen LogP contribution in [0, 0.1) is 0 Å². The number of ether oxygens (including phenoxy) is 1. The summed E-state index contributed by atoms with van der Waals surface area (Å²) in [5, 5.41) is 6.79. The van der Waals surface area contributed by atoms with Crippen molar-refractivity contribution in [2.24, 2.45) is 7.05 Å². The number of morpholine rings is 1. The maximum absolute atomic E-state index is 5.44. The smallest absolute Gasteiger partial charge is 0.233 e. The Labute approximate surface area is 186 Å². The molecule has 1 fully saturated rings. The van der Waals surface area contributed by atoms with Crippen molar-refractivity contribution in [3.8, 4) is 0 Å². The number of aryl methyl sites for hydroxylation is 1. The van der Waals surface area contributed by atoms with Gasteiger partial charge in [-0.25, -0.2) is 9.97 Å². The molecule has 0 atom stereocenters. The Morgan fingerprint density at radius 1 is 1.09 bits per heavy atom. The molecule has 1 aliphatic rings. The summed E-state index contributed by atoms with van der Waals surface area (Å²) in [4.78, 5) is 21.2. The van der Waals surface area contributed by atoms with Crippen LogP contribution in [0.5, 0.6) is 0 Å². The fourth-order valence-electron chi connectivity index (χ4n) is 3.99. The minimum atomic E-state index is 0.236. The van der Waals surface area contributed by atoms with Crippen LogP contribution in [-0.2, 0) is 11.8 Å². The van der Waals surface area contributed by atoms with Crippen LogP contribution < -0.4 is 10.6 Å². The van der Waals surface area contributed by atoms with Crippen LogP contribution in [0.15, 0.2) is 30.6 Å². The van der Waals surface area contributed by atoms with Crippen LogP contribution >= 0.6 is 0 Å². The molecule has 2 N–H and O–H groups in total. The summed E-state index contributed by atoms with van der Waals surface area (Å²) >= 11 is 0. The van der Waals surface area contributed by atoms with E-state index in [4.69, 9.17) is 19.7 Å². The van der Waals surface area contributed by atoms with E-state index in [1.807, 2.05) is 42.2 Å². The summed E-state index contributed by atoms with van der Waals surface area (Å²) in [6, 6.07) is 8.27. The van der Waals surface area contributed by atoms with E-state index < -0.39 is 0 Å². The number of imidazole rings is 2. The molecule has 5 rings (SSSR count). The van der Waals surface area contributed by atoms with Gasteiger partial charge in [-0.1, -0.05) is 12.1 Å². The van der Waals surface area contributed by atoms with Crippen molar-refractivity contribution in [1.82, 2.24) is 34.0 Å². The first-order valence-corrected chi connectivity index (χ1v) is 11.1. The Balaban J connectivity index is 1.44. The predicted molar refractivity (Wildman–Crippen MR) is 125 cm³/mol. The lowest BCUT2D eigenvalue weighted by Crippen LogP contribution is -2.39. The van der Waals surface area contributed by atoms with Gasteiger partial charge in [-0.2, -0.15) is 9.97 Å². The molecule has 0 bridgehead atoms. The summed E-state index contributed by atoms with van der Waals surface area (Å²) < 4.78 is 9.51. The van der Waals surface area contributed by atoms with E-state index >= 15 is 0 Å². The monoisotopic (exact) mass is 435 g/mol. The highest BCUT2D eigenvalue weighted by Crippen LogP contribution is 2.25. The lowest BCUT2D eigenvalue weighted by atomic mass is 10.3. The zero-order chi connectivity index (χ0) is 22.1. The van der Waals surface area contributed by atoms with Gasteiger partial charge >= 0.3 is 0 Å². The third kappa shape index (κ3) is 3.98. The molecule has 32 heavy (non-hydrogen) atoms. The predicted octanol–water partition coefficient (Wildman–Crippen LogP) is 2.78. The SMILES string of the molecule is CC(C)n1cnc2c(NCCN3CCOCC3)nc(Nc3nc4ccccc4n3C)nc21. The Morgan fingerprint density at radius 2 is 1.91 bits per heavy atom. The van der Waals surface area contributed by atoms with E-state index in [9.17, 15) is 0 Å². The molecular weight excluding hydrogens is 406 g/mol. The van der Waals surface area contributed by atoms with Crippen LogP contribution in [0.25, 0.3) is 22.2 Å². The highest BCUT2D eigenvalue weighted by Gasteiger charge is 2.17. The quantitative estimate of drug-likeness (QED) is 0.457. The average Bonchev–Trinajstić information content (AvgIpc) is 3.36. The lowest BCUT2D eigenvalue weighted by molar-refractivity contribution is 0.0398. The van der Waals surface area contributed by atoms with Crippen molar-refractivity contribution in [1.29, 1.82) is 0 Å². The molecule has 1 aliphatic heterocycles. The van der Waals surface area contributed by atoms with E-state index in [-0.39, 0.29) is 6.04 Å². The second-order valence-corrected chi connectivity index (χ2v) is 8.30. The van der Waals surface area contributed by atoms with E-state index in [0.29, 0.717) is 11.9 Å². The number of rotatable bonds is 7. The number of nitrogens with zero attached hydrogens (tertiary/aromatic N) is 7. The third-order valence-corrected chi connectivity index (χ3v) is 5.81. The van der Waals surface area contributed by atoms with Gasteiger partial charge in [0.2, 0.25) is 11.9 Å². The lowest BCUT2D eigenvalue weighted by Gasteiger charge is -2.26. The van der Waals surface area contributed by atoms with Gasteiger partial charge in [0, 0.05) is 39.3 Å². The van der Waals surface area contributed by atoms with Crippen LogP contribution in [-0.4, -0.2) is 73.4 Å². The molecule has 0 unspecified atom stereocenters. The maximum atomic E-state index is 5.44. The van der Waals surface area contributed by atoms with Crippen molar-refractivity contribution in [2.75, 3.05) is 50.0 Å². The Bertz CT molecular complexity index is 1220. The first kappa shape index (κ1) is 20.7. The van der Waals surface area contributed by atoms with Gasteiger partial charge in [0.1, 0.15) is 0 Å². The molecule has 0 radical (unpaired) electrons. The number of para-hydroxylation sites is 2. The normalized spacial score (nSPS) is 15.1. The van der Waals surface area contributed by atoms with Gasteiger partial charge in [-0.3, -0.25) is 10.2 Å². The summed E-state index contributed by atoms with van der Waals surface area (Å²) in [5.74, 6) is 1.91. The first-order valence-electron chi connectivity index (χ1n) is 11.1. The van der Waals surface area contributed by atoms with E-state index in [0.717, 1.165) is 67.4 Å². The van der Waals surface area contributed by atoms with Gasteiger partial charge in [-0.15, -0.1) is 0 Å². The number of fused-ring (bicyclic) bond motifs is 2. The molecule has 10 heteroatoms. The maximum Gasteiger partial charge on any atom is 0.233 e. The molecule has 10 nitrogen and oxygen atoms in total. The first-order chi connectivity index (χ1) is 15.6. The van der Waals surface area contributed by atoms with Gasteiger partial charge in [0.15, 0.2) is 17.0 Å². The van der Waals surface area contributed by atoms with Crippen molar-refractivity contribution in [3.05, 3.63) is 30.6 Å². The van der Waals surface area contributed by atoms with E-state index in [1.165, 1.54) is 0 Å². The topological polar surface area (TPSA) is 98.0 Å². The molecule has 4 heterocycles. The van der Waals surface area contributed by atoms with Crippen molar-refractivity contribution < 1.29 is 4.74 Å². The fourth-order valence-corrected chi connectivity index (χ4v) is 3.99. The molecule has 0 spiro atoms. The summed E-state index contributed by atoms with van der Waals surface area (Å²) in [5.41, 5.74) is 3.54. The second kappa shape index (κ2) is 8.71. The molecule has 0 saturated carbocycles. The number of aromatic nitrogens is 6. The van der Waals surface area contributed by atoms with Crippen LogP contribution in [0.2, 0.25) is 0 Å². The molecule has 0 aliphatic carbocycles. The minimum absolute atomic E-state index is 0.236. The standard InChI is InChI=1S/C22H29N9O/c1-15(2)31-14-24-18-19(23-8-9-30-10-12-32-13-11-30)26-21(27-20(18)31)28-22-25-16-6-4-5-7-17(16)29(22)3/h4-7,14-15H,8-13H2,1-3H3,(H2,23,25,26,27,28). The summed E-state index contributed by atoms with van der Waals surface area (Å²) in [6.07, 6.45) is 1.83. The highest BCUT2D eigenvalue weighted by atomic mass is 16.5. The average molecular weight is 436 g/mol. The number of nitrogens with one attached hydrogen (secondary N) is 2. The van der Waals surface area contributed by atoms with Crippen molar-refractivity contribution in [3.63, 3.8) is 0 Å². The summed E-state index contributed by atoms with van der Waals surface area (Å²) in [7, 11) is 1.98. The van der Waals surface area contributed by atoms with Crippen LogP contribution in [0.3, 0.4) is 0 Å². The Kier molecular flexibility index (Phi) is 5.62. The van der Waals surface area contributed by atoms with Gasteiger partial charge in [0.05, 0.1) is 30.6 Å². The van der Waals surface area contributed by atoms with Gasteiger partial charge in [0.25, 0.3) is 0 Å². The van der Waals surface area contributed by atoms with Crippen LogP contribution in [0.4, 0.5) is 17.7 Å². The van der Waals surface area contributed by atoms with Crippen LogP contribution in [0.1, 0.15) is 19.9 Å². The van der Waals surface area contributed by atoms with Crippen molar-refractivity contribution in [2.45, 2.75) is 19.9 Å². The van der Waals surface area contributed by atoms with E-state index in [2.05, 4.69) is 38.9 Å². The largest absolute Gasteiger partial charge is 0.379 e. The second-order valence-electron chi connectivity index (χ2n) is 8.30. The minimum Gasteiger partial charge on any atom is -0.379 e. The molecule has 1 aromatic carbocycles. The zero-order valence-corrected chi connectivity index (χ0v) is 18.7. The Morgan fingerprint density at radius 3 is 2.69 bits per heavy atom. The van der Waals surface area contributed by atoms with Gasteiger partial charge in [-0.05, 0) is 26.0 Å². The number of benzene rings is 1. The number of hydrogen-bond acceptors (Lipinski definition) is 8. The zero-order valence-electron chi connectivity index (χ0n) is 18.7. The molecule has 4 aromatic rings. The molecule has 1 saturated heterocycles. The van der Waals surface area contributed by atoms with E-state index in [1.54, 1.807) is 0 Å². The van der Waals surface area contributed by atoms with Crippen molar-refractivity contribution >= 4 is 39.9 Å².